The second kappa shape index (κ2) is 13.9. The van der Waals surface area contributed by atoms with E-state index in [1.54, 1.807) is 44.7 Å². The van der Waals surface area contributed by atoms with Crippen LogP contribution in [0, 0.1) is 0 Å². The van der Waals surface area contributed by atoms with Crippen LogP contribution in [0.5, 0.6) is 0 Å². The third kappa shape index (κ3) is 7.36. The van der Waals surface area contributed by atoms with Crippen LogP contribution in [0.4, 0.5) is 16.2 Å². The number of aromatic nitrogens is 1. The second-order valence-electron chi connectivity index (χ2n) is 13.5. The number of amides is 4. The topological polar surface area (TPSA) is 138 Å². The molecule has 0 bridgehead atoms. The van der Waals surface area contributed by atoms with Crippen molar-refractivity contribution in [3.63, 3.8) is 0 Å². The van der Waals surface area contributed by atoms with Crippen LogP contribution in [0.15, 0.2) is 78.9 Å². The van der Waals surface area contributed by atoms with E-state index < -0.39 is 35.7 Å². The fourth-order valence-electron chi connectivity index (χ4n) is 6.48. The molecule has 0 aliphatic carbocycles. The van der Waals surface area contributed by atoms with Crippen LogP contribution in [0.1, 0.15) is 52.1 Å². The van der Waals surface area contributed by atoms with Crippen LogP contribution in [0.25, 0.3) is 22.2 Å². The molecule has 0 saturated carbocycles. The first-order valence-electron chi connectivity index (χ1n) is 16.1. The maximum Gasteiger partial charge on any atom is 0.408 e. The molecule has 1 aliphatic heterocycles. The Labute approximate surface area is 280 Å². The lowest BCUT2D eigenvalue weighted by Crippen LogP contribution is -2.54. The minimum Gasteiger partial charge on any atom is -0.465 e. The quantitative estimate of drug-likeness (QED) is 0.171. The third-order valence-electron chi connectivity index (χ3n) is 8.75. The van der Waals surface area contributed by atoms with Gasteiger partial charge in [0.05, 0.1) is 0 Å². The van der Waals surface area contributed by atoms with Crippen molar-refractivity contribution in [3.8, 4) is 11.3 Å². The molecule has 5 rings (SSSR count). The third-order valence-corrected chi connectivity index (χ3v) is 8.75. The zero-order valence-electron chi connectivity index (χ0n) is 28.3. The molecule has 2 heterocycles. The lowest BCUT2D eigenvalue weighted by atomic mass is 10.0. The zero-order chi connectivity index (χ0) is 34.7. The number of fused-ring (bicyclic) bond motifs is 1. The molecule has 0 spiro atoms. The highest BCUT2D eigenvalue weighted by Crippen LogP contribution is 2.30. The number of H-pyrrole nitrogens is 1. The largest absolute Gasteiger partial charge is 0.465 e. The maximum absolute atomic E-state index is 13.7. The van der Waals surface area contributed by atoms with E-state index in [1.807, 2.05) is 85.7 Å². The zero-order valence-corrected chi connectivity index (χ0v) is 28.3. The number of anilines is 2. The van der Waals surface area contributed by atoms with E-state index in [2.05, 4.69) is 15.6 Å². The number of likely N-dealkylation sites (tertiary alicyclic amines) is 1. The van der Waals surface area contributed by atoms with E-state index in [-0.39, 0.29) is 11.8 Å². The number of carbonyl (C=O) groups excluding carboxylic acids is 3. The highest BCUT2D eigenvalue weighted by molar-refractivity contribution is 6.00. The monoisotopic (exact) mass is 652 g/mol. The molecule has 3 aromatic carbocycles. The van der Waals surface area contributed by atoms with Gasteiger partial charge in [0.15, 0.2) is 0 Å². The van der Waals surface area contributed by atoms with Gasteiger partial charge in [-0.25, -0.2) is 4.79 Å². The van der Waals surface area contributed by atoms with Crippen LogP contribution in [-0.4, -0.2) is 86.9 Å². The molecule has 1 fully saturated rings. The van der Waals surface area contributed by atoms with Crippen molar-refractivity contribution in [1.29, 1.82) is 0 Å². The van der Waals surface area contributed by atoms with Crippen LogP contribution < -0.4 is 10.6 Å². The van der Waals surface area contributed by atoms with E-state index >= 15 is 0 Å². The van der Waals surface area contributed by atoms with Crippen molar-refractivity contribution in [2.75, 3.05) is 31.3 Å². The van der Waals surface area contributed by atoms with Gasteiger partial charge >= 0.3 is 6.09 Å². The van der Waals surface area contributed by atoms with Crippen molar-refractivity contribution < 1.29 is 24.3 Å². The Bertz CT molecular complexity index is 1790. The van der Waals surface area contributed by atoms with Crippen molar-refractivity contribution in [2.45, 2.75) is 64.2 Å². The molecule has 1 aliphatic rings. The summed E-state index contributed by atoms with van der Waals surface area (Å²) < 4.78 is 0. The smallest absolute Gasteiger partial charge is 0.408 e. The number of nitrogens with one attached hydrogen (secondary N) is 3. The minimum atomic E-state index is -1.16. The number of hydrogen-bond acceptors (Lipinski definition) is 5. The number of hydrogen-bond donors (Lipinski definition) is 4. The summed E-state index contributed by atoms with van der Waals surface area (Å²) in [5.74, 6) is -0.705. The van der Waals surface area contributed by atoms with Gasteiger partial charge in [-0.2, -0.15) is 0 Å². The maximum atomic E-state index is 13.7. The Hall–Kier alpha value is -5.16. The molecular weight excluding hydrogens is 608 g/mol. The Kier molecular flexibility index (Phi) is 9.90. The lowest BCUT2D eigenvalue weighted by Gasteiger charge is -2.37. The average molecular weight is 653 g/mol. The molecule has 48 heavy (non-hydrogen) atoms. The summed E-state index contributed by atoms with van der Waals surface area (Å²) in [6, 6.07) is 22.6. The SMILES string of the molecule is C[C@@H](C(=O)Nc1ccc(-c2cc3cc(NC(=O)[C@H]4CCCN4C(=O)[C@@H](c4ccccc4)N(C)C)ccc3[nH]2)cc1)N(C(=O)O)C(C)(C)C. The first-order chi connectivity index (χ1) is 22.7. The van der Waals surface area contributed by atoms with E-state index in [1.165, 1.54) is 0 Å². The van der Waals surface area contributed by atoms with E-state index in [9.17, 15) is 24.3 Å². The molecule has 4 N–H and O–H groups in total. The minimum absolute atomic E-state index is 0.0817. The van der Waals surface area contributed by atoms with Crippen LogP contribution in [-0.2, 0) is 14.4 Å². The fourth-order valence-corrected chi connectivity index (χ4v) is 6.48. The van der Waals surface area contributed by atoms with Gasteiger partial charge < -0.3 is 25.6 Å². The highest BCUT2D eigenvalue weighted by Gasteiger charge is 2.38. The van der Waals surface area contributed by atoms with Gasteiger partial charge in [0.1, 0.15) is 18.1 Å². The molecule has 252 valence electrons. The molecule has 3 atom stereocenters. The number of carbonyl (C=O) groups is 4. The van der Waals surface area contributed by atoms with Crippen molar-refractivity contribution in [3.05, 3.63) is 84.4 Å². The molecule has 11 nitrogen and oxygen atoms in total. The average Bonchev–Trinajstić information content (AvgIpc) is 3.69. The van der Waals surface area contributed by atoms with Gasteiger partial charge in [-0.15, -0.1) is 0 Å². The van der Waals surface area contributed by atoms with E-state index in [0.29, 0.717) is 24.3 Å². The summed E-state index contributed by atoms with van der Waals surface area (Å²) in [4.78, 5) is 60.0. The first kappa shape index (κ1) is 34.2. The van der Waals surface area contributed by atoms with E-state index in [4.69, 9.17) is 0 Å². The number of aromatic amines is 1. The highest BCUT2D eigenvalue weighted by atomic mass is 16.4. The van der Waals surface area contributed by atoms with Gasteiger partial charge in [-0.1, -0.05) is 42.5 Å². The van der Waals surface area contributed by atoms with Crippen LogP contribution in [0.3, 0.4) is 0 Å². The molecule has 4 aromatic rings. The van der Waals surface area contributed by atoms with Gasteiger partial charge in [0.2, 0.25) is 17.7 Å². The molecule has 1 saturated heterocycles. The number of benzene rings is 3. The predicted molar refractivity (Wildman–Crippen MR) is 188 cm³/mol. The van der Waals surface area contributed by atoms with Crippen molar-refractivity contribution >= 4 is 46.1 Å². The molecule has 1 aromatic heterocycles. The summed E-state index contributed by atoms with van der Waals surface area (Å²) >= 11 is 0. The first-order valence-corrected chi connectivity index (χ1v) is 16.1. The Morgan fingerprint density at radius 2 is 1.58 bits per heavy atom. The number of nitrogens with zero attached hydrogens (tertiary/aromatic N) is 3. The van der Waals surface area contributed by atoms with Gasteiger partial charge in [-0.3, -0.25) is 24.2 Å². The number of carboxylic acid groups (broad SMARTS) is 1. The molecule has 4 amide bonds. The lowest BCUT2D eigenvalue weighted by molar-refractivity contribution is -0.140. The number of likely N-dealkylation sites (N-methyl/N-ethyl adjacent to an activating group) is 1. The molecule has 11 heteroatoms. The number of rotatable bonds is 9. The summed E-state index contributed by atoms with van der Waals surface area (Å²) in [6.07, 6.45) is 0.208. The molecule has 0 radical (unpaired) electrons. The van der Waals surface area contributed by atoms with Gasteiger partial charge in [0.25, 0.3) is 0 Å². The van der Waals surface area contributed by atoms with Crippen molar-refractivity contribution in [1.82, 2.24) is 19.7 Å². The van der Waals surface area contributed by atoms with Gasteiger partial charge in [-0.05, 0) is 102 Å². The standard InChI is InChI=1S/C37H44N6O5/c1-23(43(36(47)48)37(2,3)4)33(44)38-27-16-14-24(15-17-27)30-22-26-21-28(18-19-29(26)40-30)39-34(45)31-13-10-20-42(31)35(46)32(41(5)6)25-11-8-7-9-12-25/h7-9,11-12,14-19,21-23,31-32,40H,10,13,20H2,1-6H3,(H,38,44)(H,39,45)(H,47,48)/t23-,31+,32+/m0/s1. The summed E-state index contributed by atoms with van der Waals surface area (Å²) in [6.45, 7) is 7.35. The summed E-state index contributed by atoms with van der Waals surface area (Å²) in [5, 5.41) is 16.4. The van der Waals surface area contributed by atoms with Crippen LogP contribution in [0.2, 0.25) is 0 Å². The summed E-state index contributed by atoms with van der Waals surface area (Å²) in [5.41, 5.74) is 3.98. The van der Waals surface area contributed by atoms with E-state index in [0.717, 1.165) is 39.0 Å². The van der Waals surface area contributed by atoms with Gasteiger partial charge in [0, 0.05) is 40.1 Å². The Morgan fingerprint density at radius 3 is 2.21 bits per heavy atom. The molecular formula is C37H44N6O5. The normalized spacial score (nSPS) is 16.1. The predicted octanol–water partition coefficient (Wildman–Crippen LogP) is 6.17. The fraction of sp³-hybridized carbons (Fsp3) is 0.351. The Balaban J connectivity index is 1.26. The molecule has 0 unspecified atom stereocenters. The second-order valence-corrected chi connectivity index (χ2v) is 13.5. The van der Waals surface area contributed by atoms with Crippen LogP contribution >= 0.6 is 0 Å². The van der Waals surface area contributed by atoms with Crippen molar-refractivity contribution in [2.24, 2.45) is 0 Å². The Morgan fingerprint density at radius 1 is 0.917 bits per heavy atom. The summed E-state index contributed by atoms with van der Waals surface area (Å²) in [7, 11) is 3.75.